The normalized spacial score (nSPS) is 22.5. The van der Waals surface area contributed by atoms with Gasteiger partial charge in [0.25, 0.3) is 0 Å². The van der Waals surface area contributed by atoms with Gasteiger partial charge in [-0.05, 0) is 67.7 Å². The number of amides is 2. The van der Waals surface area contributed by atoms with Crippen molar-refractivity contribution in [1.29, 1.82) is 0 Å². The van der Waals surface area contributed by atoms with Gasteiger partial charge in [0.15, 0.2) is 5.16 Å². The first-order valence-electron chi connectivity index (χ1n) is 11.8. The molecule has 0 spiro atoms. The summed E-state index contributed by atoms with van der Waals surface area (Å²) >= 11 is 1.58. The lowest BCUT2D eigenvalue weighted by Crippen LogP contribution is -2.47. The van der Waals surface area contributed by atoms with Gasteiger partial charge in [-0.2, -0.15) is 0 Å². The number of nitrogens with one attached hydrogen (secondary N) is 1. The standard InChI is InChI=1S/C23H37BN4O5S/c1-15(27-20(30)31-21(2,3)4)18(29)28-10-9-16(13-28)14-34-19-25-11-17(12-26-19)24-32-22(5,6)23(7,8)33-24/h11-12,15-16H,9-10,13-14H2,1-8H3,(H,27,30)/t15-,16-/m0/s1. The summed E-state index contributed by atoms with van der Waals surface area (Å²) in [6.45, 7) is 16.4. The van der Waals surface area contributed by atoms with Crippen molar-refractivity contribution in [3.63, 3.8) is 0 Å². The van der Waals surface area contributed by atoms with E-state index in [0.717, 1.165) is 17.6 Å². The first-order valence-corrected chi connectivity index (χ1v) is 12.7. The third-order valence-electron chi connectivity index (χ3n) is 6.32. The summed E-state index contributed by atoms with van der Waals surface area (Å²) in [6, 6.07) is -0.632. The Morgan fingerprint density at radius 3 is 2.38 bits per heavy atom. The van der Waals surface area contributed by atoms with Crippen molar-refractivity contribution in [3.8, 4) is 0 Å². The quantitative estimate of drug-likeness (QED) is 0.367. The smallest absolute Gasteiger partial charge is 0.444 e. The molecule has 9 nitrogen and oxygen atoms in total. The molecule has 3 heterocycles. The summed E-state index contributed by atoms with van der Waals surface area (Å²) in [5, 5.41) is 3.31. The first kappa shape index (κ1) is 26.8. The van der Waals surface area contributed by atoms with Gasteiger partial charge in [0.2, 0.25) is 5.91 Å². The molecule has 2 fully saturated rings. The van der Waals surface area contributed by atoms with Gasteiger partial charge < -0.3 is 24.3 Å². The third-order valence-corrected chi connectivity index (χ3v) is 7.43. The fraction of sp³-hybridized carbons (Fsp3) is 0.739. The second kappa shape index (κ2) is 10.0. The zero-order chi connectivity index (χ0) is 25.3. The Morgan fingerprint density at radius 1 is 1.24 bits per heavy atom. The molecule has 2 atom stereocenters. The zero-order valence-electron chi connectivity index (χ0n) is 21.5. The Morgan fingerprint density at radius 2 is 1.82 bits per heavy atom. The van der Waals surface area contributed by atoms with Gasteiger partial charge in [-0.1, -0.05) is 11.8 Å². The van der Waals surface area contributed by atoms with Crippen LogP contribution >= 0.6 is 11.8 Å². The molecule has 2 aliphatic heterocycles. The molecule has 3 rings (SSSR count). The molecule has 0 saturated carbocycles. The number of rotatable bonds is 6. The summed E-state index contributed by atoms with van der Waals surface area (Å²) in [6.07, 6.45) is 3.84. The SMILES string of the molecule is C[C@H](NC(=O)OC(C)(C)C)C(=O)N1CC[C@H](CSc2ncc(B3OC(C)(C)C(C)(C)O3)cn2)C1. The number of carbonyl (C=O) groups excluding carboxylic acids is 2. The largest absolute Gasteiger partial charge is 0.498 e. The van der Waals surface area contributed by atoms with Crippen LogP contribution in [0.2, 0.25) is 0 Å². The summed E-state index contributed by atoms with van der Waals surface area (Å²) in [5.41, 5.74) is -0.617. The zero-order valence-corrected chi connectivity index (χ0v) is 22.3. The molecule has 0 aliphatic carbocycles. The van der Waals surface area contributed by atoms with Gasteiger partial charge in [-0.3, -0.25) is 4.79 Å². The van der Waals surface area contributed by atoms with E-state index in [0.29, 0.717) is 24.2 Å². The van der Waals surface area contributed by atoms with Gasteiger partial charge in [0.1, 0.15) is 11.6 Å². The molecule has 1 aromatic heterocycles. The minimum atomic E-state index is -0.632. The molecule has 0 radical (unpaired) electrons. The van der Waals surface area contributed by atoms with Gasteiger partial charge >= 0.3 is 13.2 Å². The molecule has 34 heavy (non-hydrogen) atoms. The third kappa shape index (κ3) is 6.63. The lowest BCUT2D eigenvalue weighted by atomic mass is 9.81. The van der Waals surface area contributed by atoms with E-state index in [1.54, 1.807) is 56.8 Å². The Labute approximate surface area is 207 Å². The number of hydrogen-bond donors (Lipinski definition) is 1. The first-order chi connectivity index (χ1) is 15.7. The molecule has 2 amide bonds. The molecule has 2 saturated heterocycles. The van der Waals surface area contributed by atoms with Crippen molar-refractivity contribution in [3.05, 3.63) is 12.4 Å². The van der Waals surface area contributed by atoms with Crippen LogP contribution in [-0.4, -0.2) is 75.7 Å². The molecular weight excluding hydrogens is 455 g/mol. The number of aromatic nitrogens is 2. The van der Waals surface area contributed by atoms with Gasteiger partial charge in [-0.15, -0.1) is 0 Å². The summed E-state index contributed by atoms with van der Waals surface area (Å²) < 4.78 is 17.3. The van der Waals surface area contributed by atoms with E-state index < -0.39 is 36.1 Å². The highest BCUT2D eigenvalue weighted by molar-refractivity contribution is 7.99. The van der Waals surface area contributed by atoms with E-state index in [-0.39, 0.29) is 5.91 Å². The molecular formula is C23H37BN4O5S. The predicted molar refractivity (Wildman–Crippen MR) is 132 cm³/mol. The second-order valence-electron chi connectivity index (χ2n) is 11.0. The maximum absolute atomic E-state index is 12.7. The Bertz CT molecular complexity index is 874. The average Bonchev–Trinajstić information content (AvgIpc) is 3.26. The van der Waals surface area contributed by atoms with E-state index in [9.17, 15) is 9.59 Å². The van der Waals surface area contributed by atoms with Crippen LogP contribution in [0.1, 0.15) is 61.8 Å². The van der Waals surface area contributed by atoms with E-state index in [4.69, 9.17) is 14.0 Å². The molecule has 11 heteroatoms. The van der Waals surface area contributed by atoms with Crippen LogP contribution in [0.25, 0.3) is 0 Å². The second-order valence-corrected chi connectivity index (χ2v) is 12.0. The topological polar surface area (TPSA) is 103 Å². The summed E-state index contributed by atoms with van der Waals surface area (Å²) in [5.74, 6) is 1.06. The number of alkyl carbamates (subject to hydrolysis) is 1. The molecule has 0 bridgehead atoms. The fourth-order valence-electron chi connectivity index (χ4n) is 3.68. The lowest BCUT2D eigenvalue weighted by molar-refractivity contribution is -0.132. The number of ether oxygens (including phenoxy) is 1. The number of thioether (sulfide) groups is 1. The van der Waals surface area contributed by atoms with Crippen LogP contribution in [0.15, 0.2) is 17.6 Å². The maximum Gasteiger partial charge on any atom is 0.498 e. The number of nitrogens with zero attached hydrogens (tertiary/aromatic N) is 3. The summed E-state index contributed by atoms with van der Waals surface area (Å²) in [7, 11) is -0.477. The minimum absolute atomic E-state index is 0.0959. The van der Waals surface area contributed by atoms with Crippen molar-refractivity contribution in [1.82, 2.24) is 20.2 Å². The minimum Gasteiger partial charge on any atom is -0.444 e. The molecule has 0 aromatic carbocycles. The Hall–Kier alpha value is -1.85. The van der Waals surface area contributed by atoms with Crippen molar-refractivity contribution in [2.75, 3.05) is 18.8 Å². The van der Waals surface area contributed by atoms with Crippen LogP contribution in [0.4, 0.5) is 4.79 Å². The number of carbonyl (C=O) groups is 2. The highest BCUT2D eigenvalue weighted by atomic mass is 32.2. The monoisotopic (exact) mass is 492 g/mol. The molecule has 0 unspecified atom stereocenters. The average molecular weight is 492 g/mol. The van der Waals surface area contributed by atoms with Crippen LogP contribution in [0.5, 0.6) is 0 Å². The van der Waals surface area contributed by atoms with Gasteiger partial charge in [-0.25, -0.2) is 14.8 Å². The van der Waals surface area contributed by atoms with E-state index in [1.807, 2.05) is 27.7 Å². The summed E-state index contributed by atoms with van der Waals surface area (Å²) in [4.78, 5) is 35.4. The van der Waals surface area contributed by atoms with E-state index in [1.165, 1.54) is 0 Å². The maximum atomic E-state index is 12.7. The van der Waals surface area contributed by atoms with Crippen molar-refractivity contribution < 1.29 is 23.6 Å². The predicted octanol–water partition coefficient (Wildman–Crippen LogP) is 2.63. The van der Waals surface area contributed by atoms with Crippen molar-refractivity contribution in [2.24, 2.45) is 5.92 Å². The van der Waals surface area contributed by atoms with Gasteiger partial charge in [0.05, 0.1) is 11.2 Å². The molecule has 188 valence electrons. The fourth-order valence-corrected chi connectivity index (χ4v) is 4.59. The van der Waals surface area contributed by atoms with Crippen LogP contribution in [0.3, 0.4) is 0 Å². The van der Waals surface area contributed by atoms with E-state index in [2.05, 4.69) is 15.3 Å². The highest BCUT2D eigenvalue weighted by Gasteiger charge is 2.52. The lowest BCUT2D eigenvalue weighted by Gasteiger charge is -2.32. The Kier molecular flexibility index (Phi) is 7.89. The van der Waals surface area contributed by atoms with Crippen molar-refractivity contribution >= 4 is 36.3 Å². The van der Waals surface area contributed by atoms with Crippen LogP contribution in [0, 0.1) is 5.92 Å². The van der Waals surface area contributed by atoms with Crippen LogP contribution in [-0.2, 0) is 18.8 Å². The molecule has 1 aromatic rings. The van der Waals surface area contributed by atoms with Crippen molar-refractivity contribution in [2.45, 2.75) is 89.8 Å². The highest BCUT2D eigenvalue weighted by Crippen LogP contribution is 2.36. The van der Waals surface area contributed by atoms with E-state index >= 15 is 0 Å². The number of likely N-dealkylation sites (tertiary alicyclic amines) is 1. The molecule has 2 aliphatic rings. The molecule has 1 N–H and O–H groups in total. The van der Waals surface area contributed by atoms with Crippen LogP contribution < -0.4 is 10.8 Å². The Balaban J connectivity index is 1.45. The van der Waals surface area contributed by atoms with Gasteiger partial charge in [0, 0.05) is 36.7 Å². The number of hydrogen-bond acceptors (Lipinski definition) is 8.